The van der Waals surface area contributed by atoms with E-state index in [0.717, 1.165) is 51.1 Å². The molecule has 2 aliphatic rings. The zero-order valence-electron chi connectivity index (χ0n) is 18.2. The highest BCUT2D eigenvalue weighted by molar-refractivity contribution is 5.52. The number of rotatable bonds is 6. The number of nitrogens with zero attached hydrogens (tertiary/aromatic N) is 4. The monoisotopic (exact) mass is 406 g/mol. The second-order valence-electron chi connectivity index (χ2n) is 8.51. The van der Waals surface area contributed by atoms with Crippen LogP contribution in [-0.2, 0) is 12.8 Å². The van der Waals surface area contributed by atoms with Gasteiger partial charge in [-0.05, 0) is 74.9 Å². The van der Waals surface area contributed by atoms with Gasteiger partial charge in [0.1, 0.15) is 0 Å². The Balaban J connectivity index is 1.47. The summed E-state index contributed by atoms with van der Waals surface area (Å²) in [6.45, 7) is 7.97. The van der Waals surface area contributed by atoms with Crippen LogP contribution in [0.3, 0.4) is 0 Å². The first-order valence-electron chi connectivity index (χ1n) is 11.4. The molecule has 160 valence electrons. The summed E-state index contributed by atoms with van der Waals surface area (Å²) in [5, 5.41) is 21.9. The van der Waals surface area contributed by atoms with Crippen molar-refractivity contribution in [2.45, 2.75) is 57.6 Å². The third kappa shape index (κ3) is 4.57. The van der Waals surface area contributed by atoms with E-state index in [1.165, 1.54) is 16.7 Å². The van der Waals surface area contributed by atoms with Crippen LogP contribution in [0.15, 0.2) is 58.9 Å². The van der Waals surface area contributed by atoms with E-state index in [1.807, 2.05) is 11.1 Å². The molecule has 30 heavy (non-hydrogen) atoms. The molecular formula is C25H34N4O. The number of hydrogen-bond acceptors (Lipinski definition) is 4. The lowest BCUT2D eigenvalue weighted by Crippen LogP contribution is -2.50. The predicted octanol–water partition coefficient (Wildman–Crippen LogP) is 4.73. The molecule has 2 atom stereocenters. The van der Waals surface area contributed by atoms with Gasteiger partial charge in [-0.15, -0.1) is 5.11 Å². The maximum atomic E-state index is 10.9. The van der Waals surface area contributed by atoms with Crippen molar-refractivity contribution >= 4 is 5.69 Å². The number of hydrogen-bond donors (Lipinski definition) is 1. The van der Waals surface area contributed by atoms with Gasteiger partial charge < -0.3 is 5.11 Å². The van der Waals surface area contributed by atoms with Crippen molar-refractivity contribution in [3.63, 3.8) is 0 Å². The molecule has 2 unspecified atom stereocenters. The molecule has 2 aromatic carbocycles. The Labute approximate surface area is 180 Å². The average Bonchev–Trinajstić information content (AvgIpc) is 2.80. The summed E-state index contributed by atoms with van der Waals surface area (Å²) in [5.74, 6) is 0.633. The number of aliphatic hydroxyl groups is 1. The fourth-order valence-electron chi connectivity index (χ4n) is 4.97. The number of piperidine rings is 1. The maximum absolute atomic E-state index is 10.9. The molecule has 0 bridgehead atoms. The summed E-state index contributed by atoms with van der Waals surface area (Å²) in [7, 11) is 0. The van der Waals surface area contributed by atoms with Crippen LogP contribution in [0.2, 0.25) is 0 Å². The van der Waals surface area contributed by atoms with E-state index < -0.39 is 0 Å². The Kier molecular flexibility index (Phi) is 6.80. The molecule has 1 aliphatic carbocycles. The van der Waals surface area contributed by atoms with Crippen molar-refractivity contribution < 1.29 is 5.11 Å². The lowest BCUT2D eigenvalue weighted by atomic mass is 9.82. The van der Waals surface area contributed by atoms with Crippen molar-refractivity contribution in [1.29, 1.82) is 0 Å². The first-order chi connectivity index (χ1) is 14.7. The first-order valence-corrected chi connectivity index (χ1v) is 11.4. The van der Waals surface area contributed by atoms with Gasteiger partial charge in [-0.1, -0.05) is 47.7 Å². The van der Waals surface area contributed by atoms with Crippen LogP contribution in [-0.4, -0.2) is 53.3 Å². The number of fused-ring (bicyclic) bond motifs is 1. The number of likely N-dealkylation sites (tertiary alicyclic amines) is 1. The summed E-state index contributed by atoms with van der Waals surface area (Å²) >= 11 is 0. The lowest BCUT2D eigenvalue weighted by molar-refractivity contribution is 0.0295. The Morgan fingerprint density at radius 3 is 2.40 bits per heavy atom. The highest BCUT2D eigenvalue weighted by atomic mass is 16.3. The van der Waals surface area contributed by atoms with Crippen LogP contribution >= 0.6 is 0 Å². The summed E-state index contributed by atoms with van der Waals surface area (Å²) in [6, 6.07) is 17.2. The van der Waals surface area contributed by atoms with Gasteiger partial charge in [0.15, 0.2) is 0 Å². The predicted molar refractivity (Wildman–Crippen MR) is 121 cm³/mol. The normalized spacial score (nSPS) is 22.9. The highest BCUT2D eigenvalue weighted by Crippen LogP contribution is 2.35. The Morgan fingerprint density at radius 1 is 0.967 bits per heavy atom. The van der Waals surface area contributed by atoms with Crippen molar-refractivity contribution in [2.75, 3.05) is 26.2 Å². The summed E-state index contributed by atoms with van der Waals surface area (Å²) in [4.78, 5) is 2.51. The second-order valence-corrected chi connectivity index (χ2v) is 8.51. The minimum atomic E-state index is -0.319. The van der Waals surface area contributed by atoms with E-state index in [0.29, 0.717) is 12.3 Å². The average molecular weight is 407 g/mol. The molecule has 1 fully saturated rings. The van der Waals surface area contributed by atoms with Crippen LogP contribution in [0.25, 0.3) is 0 Å². The standard InChI is InChI=1S/C25H34N4O/c1-3-29(4-2)27-26-23-12-8-11-21-17-25(30)24(18-22(21)23)28-15-13-20(14-16-28)19-9-6-5-7-10-19/h5-12,20,24-25,30H,3-4,13-18H2,1-2H3. The minimum absolute atomic E-state index is 0.166. The number of aliphatic hydroxyl groups excluding tert-OH is 1. The van der Waals surface area contributed by atoms with Crippen LogP contribution < -0.4 is 0 Å². The fourth-order valence-corrected chi connectivity index (χ4v) is 4.97. The van der Waals surface area contributed by atoms with E-state index >= 15 is 0 Å². The Morgan fingerprint density at radius 2 is 1.70 bits per heavy atom. The van der Waals surface area contributed by atoms with E-state index in [4.69, 9.17) is 0 Å². The van der Waals surface area contributed by atoms with E-state index in [-0.39, 0.29) is 12.1 Å². The van der Waals surface area contributed by atoms with Gasteiger partial charge >= 0.3 is 0 Å². The van der Waals surface area contributed by atoms with Gasteiger partial charge in [0.25, 0.3) is 0 Å². The van der Waals surface area contributed by atoms with Gasteiger partial charge in [0.2, 0.25) is 0 Å². The zero-order valence-corrected chi connectivity index (χ0v) is 18.2. The largest absolute Gasteiger partial charge is 0.391 e. The van der Waals surface area contributed by atoms with E-state index in [2.05, 4.69) is 71.5 Å². The lowest BCUT2D eigenvalue weighted by Gasteiger charge is -2.42. The second kappa shape index (κ2) is 9.71. The molecule has 2 aromatic rings. The Bertz CT molecular complexity index is 841. The van der Waals surface area contributed by atoms with E-state index in [9.17, 15) is 5.11 Å². The third-order valence-corrected chi connectivity index (χ3v) is 6.81. The molecule has 0 spiro atoms. The quantitative estimate of drug-likeness (QED) is 0.557. The molecule has 4 rings (SSSR count). The molecule has 5 nitrogen and oxygen atoms in total. The Hall–Kier alpha value is -2.24. The van der Waals surface area contributed by atoms with Crippen LogP contribution in [0.4, 0.5) is 5.69 Å². The molecule has 1 heterocycles. The van der Waals surface area contributed by atoms with Crippen LogP contribution in [0, 0.1) is 0 Å². The van der Waals surface area contributed by atoms with Gasteiger partial charge in [-0.25, -0.2) is 0 Å². The van der Waals surface area contributed by atoms with Gasteiger partial charge in [0.05, 0.1) is 11.8 Å². The van der Waals surface area contributed by atoms with Gasteiger partial charge in [0, 0.05) is 25.6 Å². The number of benzene rings is 2. The van der Waals surface area contributed by atoms with Crippen LogP contribution in [0.1, 0.15) is 49.3 Å². The summed E-state index contributed by atoms with van der Waals surface area (Å²) < 4.78 is 0. The van der Waals surface area contributed by atoms with E-state index in [1.54, 1.807) is 0 Å². The van der Waals surface area contributed by atoms with Gasteiger partial charge in [-0.2, -0.15) is 0 Å². The topological polar surface area (TPSA) is 51.4 Å². The van der Waals surface area contributed by atoms with Gasteiger partial charge in [-0.3, -0.25) is 9.91 Å². The molecule has 0 aromatic heterocycles. The SMILES string of the molecule is CCN(CC)N=Nc1cccc2c1CC(N1CCC(c3ccccc3)CC1)C(O)C2. The smallest absolute Gasteiger partial charge is 0.0909 e. The van der Waals surface area contributed by atoms with Crippen LogP contribution in [0.5, 0.6) is 0 Å². The molecule has 0 saturated carbocycles. The van der Waals surface area contributed by atoms with Crippen molar-refractivity contribution in [1.82, 2.24) is 9.91 Å². The molecule has 1 N–H and O–H groups in total. The maximum Gasteiger partial charge on any atom is 0.0909 e. The summed E-state index contributed by atoms with van der Waals surface area (Å²) in [5.41, 5.74) is 4.88. The highest BCUT2D eigenvalue weighted by Gasteiger charge is 2.34. The molecule has 1 aliphatic heterocycles. The van der Waals surface area contributed by atoms with Crippen molar-refractivity contribution in [3.05, 3.63) is 65.2 Å². The molecule has 0 radical (unpaired) electrons. The zero-order chi connectivity index (χ0) is 20.9. The van der Waals surface area contributed by atoms with Crippen molar-refractivity contribution in [2.24, 2.45) is 10.3 Å². The molecule has 0 amide bonds. The summed E-state index contributed by atoms with van der Waals surface area (Å²) in [6.07, 6.45) is 3.54. The molecule has 1 saturated heterocycles. The third-order valence-electron chi connectivity index (χ3n) is 6.81. The molecular weight excluding hydrogens is 372 g/mol. The van der Waals surface area contributed by atoms with Crippen molar-refractivity contribution in [3.8, 4) is 0 Å². The first kappa shape index (κ1) is 21.0. The molecule has 5 heteroatoms. The minimum Gasteiger partial charge on any atom is -0.391 e. The fraction of sp³-hybridized carbons (Fsp3) is 0.520.